The second-order valence-corrected chi connectivity index (χ2v) is 8.29. The molecule has 0 aliphatic rings. The van der Waals surface area contributed by atoms with Crippen LogP contribution in [0.3, 0.4) is 0 Å². The van der Waals surface area contributed by atoms with Crippen molar-refractivity contribution in [2.75, 3.05) is 24.7 Å². The molecule has 11 heteroatoms. The van der Waals surface area contributed by atoms with E-state index in [-0.39, 0.29) is 51.7 Å². The van der Waals surface area contributed by atoms with Gasteiger partial charge in [0.1, 0.15) is 5.69 Å². The maximum absolute atomic E-state index is 11.5. The summed E-state index contributed by atoms with van der Waals surface area (Å²) < 4.78 is 23.0. The number of nitrogens with zero attached hydrogens (tertiary/aromatic N) is 2. The van der Waals surface area contributed by atoms with E-state index >= 15 is 0 Å². The number of hydrogen-bond acceptors (Lipinski definition) is 6. The van der Waals surface area contributed by atoms with Gasteiger partial charge in [0.25, 0.3) is 5.69 Å². The third kappa shape index (κ3) is 8.34. The zero-order chi connectivity index (χ0) is 18.5. The predicted octanol–water partition coefficient (Wildman–Crippen LogP) is 1.73. The van der Waals surface area contributed by atoms with Gasteiger partial charge in [-0.25, -0.2) is 8.42 Å². The fourth-order valence-electron chi connectivity index (χ4n) is 1.83. The minimum atomic E-state index is -3.51. The minimum Gasteiger partial charge on any atom is -0.378 e. The number of benzene rings is 1. The lowest BCUT2D eigenvalue weighted by Gasteiger charge is -2.21. The van der Waals surface area contributed by atoms with Crippen molar-refractivity contribution in [2.45, 2.75) is 31.2 Å². The molecule has 0 aromatic heterocycles. The topological polar surface area (TPSA) is 140 Å². The van der Waals surface area contributed by atoms with E-state index in [1.807, 2.05) is 20.8 Å². The number of nitro benzene ring substituents is 1. The van der Waals surface area contributed by atoms with Gasteiger partial charge in [-0.3, -0.25) is 15.1 Å². The van der Waals surface area contributed by atoms with E-state index in [2.05, 4.69) is 15.6 Å². The predicted molar refractivity (Wildman–Crippen MR) is 109 cm³/mol. The van der Waals surface area contributed by atoms with Crippen LogP contribution >= 0.6 is 24.0 Å². The van der Waals surface area contributed by atoms with Gasteiger partial charge >= 0.3 is 0 Å². The molecule has 0 unspecified atom stereocenters. The smallest absolute Gasteiger partial charge is 0.293 e. The van der Waals surface area contributed by atoms with Gasteiger partial charge in [-0.15, -0.1) is 24.0 Å². The van der Waals surface area contributed by atoms with Crippen molar-refractivity contribution in [3.8, 4) is 0 Å². The average molecular weight is 485 g/mol. The van der Waals surface area contributed by atoms with Gasteiger partial charge in [-0.2, -0.15) is 0 Å². The quantitative estimate of drug-likeness (QED) is 0.139. The molecule has 9 nitrogen and oxygen atoms in total. The number of anilines is 1. The van der Waals surface area contributed by atoms with Crippen LogP contribution in [0.2, 0.25) is 0 Å². The van der Waals surface area contributed by atoms with Gasteiger partial charge in [0, 0.05) is 24.4 Å². The summed E-state index contributed by atoms with van der Waals surface area (Å²) in [4.78, 5) is 14.5. The van der Waals surface area contributed by atoms with Gasteiger partial charge < -0.3 is 16.4 Å². The summed E-state index contributed by atoms with van der Waals surface area (Å²) in [6.07, 6.45) is 0.999. The number of sulfone groups is 1. The number of guanidine groups is 1. The van der Waals surface area contributed by atoms with E-state index in [0.29, 0.717) is 13.1 Å². The van der Waals surface area contributed by atoms with Crippen LogP contribution < -0.4 is 16.4 Å². The van der Waals surface area contributed by atoms with Gasteiger partial charge in [0.05, 0.1) is 16.4 Å². The molecule has 1 rings (SSSR count). The molecule has 0 amide bonds. The Morgan fingerprint density at radius 1 is 1.36 bits per heavy atom. The monoisotopic (exact) mass is 485 g/mol. The van der Waals surface area contributed by atoms with Crippen LogP contribution in [0.1, 0.15) is 20.8 Å². The van der Waals surface area contributed by atoms with Crippen LogP contribution in [0.25, 0.3) is 0 Å². The number of hydrogen-bond donors (Lipinski definition) is 3. The summed E-state index contributed by atoms with van der Waals surface area (Å²) in [5.74, 6) is 0.284. The summed E-state index contributed by atoms with van der Waals surface area (Å²) in [6, 6.07) is 3.73. The van der Waals surface area contributed by atoms with Gasteiger partial charge in [0.15, 0.2) is 15.8 Å². The Kier molecular flexibility index (Phi) is 8.58. The minimum absolute atomic E-state index is 0. The van der Waals surface area contributed by atoms with Gasteiger partial charge in [-0.05, 0) is 32.9 Å². The van der Waals surface area contributed by atoms with Crippen LogP contribution in [-0.4, -0.2) is 44.2 Å². The SMILES string of the molecule is CC(C)(C)NC(N)=NCCNc1ccc(S(C)(=O)=O)cc1[N+](=O)[O-].I. The van der Waals surface area contributed by atoms with Crippen LogP contribution in [0.5, 0.6) is 0 Å². The molecular formula is C14H24IN5O4S. The third-order valence-corrected chi connectivity index (χ3v) is 3.92. The Morgan fingerprint density at radius 2 is 1.96 bits per heavy atom. The number of rotatable bonds is 6. The third-order valence-electron chi connectivity index (χ3n) is 2.81. The Labute approximate surface area is 164 Å². The maximum atomic E-state index is 11.5. The first-order valence-electron chi connectivity index (χ1n) is 7.20. The van der Waals surface area contributed by atoms with Crippen molar-refractivity contribution in [1.29, 1.82) is 0 Å². The first-order chi connectivity index (χ1) is 10.9. The Hall–Kier alpha value is -1.63. The summed E-state index contributed by atoms with van der Waals surface area (Å²) in [6.45, 7) is 6.45. The van der Waals surface area contributed by atoms with Crippen molar-refractivity contribution in [3.63, 3.8) is 0 Å². The van der Waals surface area contributed by atoms with E-state index < -0.39 is 14.8 Å². The van der Waals surface area contributed by atoms with Crippen molar-refractivity contribution in [3.05, 3.63) is 28.3 Å². The van der Waals surface area contributed by atoms with E-state index in [1.165, 1.54) is 12.1 Å². The zero-order valence-corrected chi connectivity index (χ0v) is 17.7. The molecule has 0 spiro atoms. The van der Waals surface area contributed by atoms with Crippen molar-refractivity contribution < 1.29 is 13.3 Å². The molecule has 1 aromatic rings. The second-order valence-electron chi connectivity index (χ2n) is 6.28. The Bertz CT molecular complexity index is 744. The molecule has 0 heterocycles. The average Bonchev–Trinajstić information content (AvgIpc) is 2.40. The number of halogens is 1. The lowest BCUT2D eigenvalue weighted by atomic mass is 10.1. The van der Waals surface area contributed by atoms with E-state index in [0.717, 1.165) is 12.3 Å². The molecule has 0 saturated carbocycles. The van der Waals surface area contributed by atoms with Crippen molar-refractivity contribution >= 4 is 51.1 Å². The van der Waals surface area contributed by atoms with Gasteiger partial charge in [0.2, 0.25) is 0 Å². The fraction of sp³-hybridized carbons (Fsp3) is 0.500. The lowest BCUT2D eigenvalue weighted by molar-refractivity contribution is -0.384. The molecule has 0 aliphatic carbocycles. The summed E-state index contributed by atoms with van der Waals surface area (Å²) in [5, 5.41) is 17.0. The summed E-state index contributed by atoms with van der Waals surface area (Å²) >= 11 is 0. The largest absolute Gasteiger partial charge is 0.378 e. The van der Waals surface area contributed by atoms with Crippen LogP contribution in [0.15, 0.2) is 28.1 Å². The van der Waals surface area contributed by atoms with Crippen molar-refractivity contribution in [1.82, 2.24) is 5.32 Å². The highest BCUT2D eigenvalue weighted by molar-refractivity contribution is 14.0. The fourth-order valence-corrected chi connectivity index (χ4v) is 2.47. The molecule has 142 valence electrons. The Balaban J connectivity index is 0.00000576. The highest BCUT2D eigenvalue weighted by Crippen LogP contribution is 2.27. The highest BCUT2D eigenvalue weighted by atomic mass is 127. The van der Waals surface area contributed by atoms with Crippen LogP contribution in [0.4, 0.5) is 11.4 Å². The standard InChI is InChI=1S/C14H23N5O4S.HI/c1-14(2,3)18-13(15)17-8-7-16-11-6-5-10(24(4,22)23)9-12(11)19(20)21;/h5-6,9,16H,7-8H2,1-4H3,(H3,15,17,18);1H. The second kappa shape index (κ2) is 9.17. The van der Waals surface area contributed by atoms with Crippen molar-refractivity contribution in [2.24, 2.45) is 10.7 Å². The molecular weight excluding hydrogens is 461 g/mol. The summed E-state index contributed by atoms with van der Waals surface area (Å²) in [7, 11) is -3.51. The molecule has 25 heavy (non-hydrogen) atoms. The normalized spacial score (nSPS) is 12.2. The zero-order valence-electron chi connectivity index (χ0n) is 14.6. The highest BCUT2D eigenvalue weighted by Gasteiger charge is 2.18. The molecule has 0 saturated heterocycles. The Morgan fingerprint density at radius 3 is 2.44 bits per heavy atom. The van der Waals surface area contributed by atoms with E-state index in [4.69, 9.17) is 5.73 Å². The molecule has 0 atom stereocenters. The van der Waals surface area contributed by atoms with Gasteiger partial charge in [-0.1, -0.05) is 0 Å². The lowest BCUT2D eigenvalue weighted by Crippen LogP contribution is -2.45. The summed E-state index contributed by atoms with van der Waals surface area (Å²) in [5.41, 5.74) is 5.44. The van der Waals surface area contributed by atoms with Crippen LogP contribution in [-0.2, 0) is 9.84 Å². The molecule has 1 aromatic carbocycles. The molecule has 0 aliphatic heterocycles. The van der Waals surface area contributed by atoms with E-state index in [1.54, 1.807) is 0 Å². The molecule has 0 fully saturated rings. The number of nitrogens with two attached hydrogens (primary N) is 1. The first kappa shape index (κ1) is 23.4. The first-order valence-corrected chi connectivity index (χ1v) is 9.10. The number of nitrogens with one attached hydrogen (secondary N) is 2. The number of aliphatic imine (C=N–C) groups is 1. The van der Waals surface area contributed by atoms with E-state index in [9.17, 15) is 18.5 Å². The molecule has 0 bridgehead atoms. The van der Waals surface area contributed by atoms with Crippen LogP contribution in [0, 0.1) is 10.1 Å². The molecule has 4 N–H and O–H groups in total. The maximum Gasteiger partial charge on any atom is 0.293 e. The molecule has 0 radical (unpaired) electrons. The number of nitro groups is 1.